The third-order valence-corrected chi connectivity index (χ3v) is 6.17. The van der Waals surface area contributed by atoms with Crippen LogP contribution < -0.4 is 5.69 Å². The number of halogens is 6. The first kappa shape index (κ1) is 26.0. The van der Waals surface area contributed by atoms with Crippen molar-refractivity contribution in [2.45, 2.75) is 43.8 Å². The first-order chi connectivity index (χ1) is 16.9. The number of nitrogens with one attached hydrogen (secondary N) is 2. The maximum atomic E-state index is 13.3. The number of H-pyrrole nitrogens is 2. The van der Waals surface area contributed by atoms with Crippen LogP contribution in [0.25, 0.3) is 0 Å². The fraction of sp³-hybridized carbons (Fsp3) is 0.417. The lowest BCUT2D eigenvalue weighted by atomic mass is 9.79. The number of hydrogen-bond donors (Lipinski definition) is 2. The van der Waals surface area contributed by atoms with Crippen molar-refractivity contribution in [1.29, 1.82) is 0 Å². The van der Waals surface area contributed by atoms with E-state index in [1.54, 1.807) is 0 Å². The summed E-state index contributed by atoms with van der Waals surface area (Å²) >= 11 is 0. The molecule has 4 atom stereocenters. The van der Waals surface area contributed by atoms with Gasteiger partial charge in [0.1, 0.15) is 5.82 Å². The van der Waals surface area contributed by atoms with E-state index in [0.717, 1.165) is 5.56 Å². The molecule has 0 amide bonds. The minimum atomic E-state index is -4.96. The molecule has 2 aromatic carbocycles. The van der Waals surface area contributed by atoms with E-state index in [-0.39, 0.29) is 30.1 Å². The topological polar surface area (TPSA) is 80.0 Å². The van der Waals surface area contributed by atoms with Crippen LogP contribution in [0.3, 0.4) is 0 Å². The van der Waals surface area contributed by atoms with E-state index in [0.29, 0.717) is 31.0 Å². The lowest BCUT2D eigenvalue weighted by Crippen LogP contribution is -2.41. The Hall–Kier alpha value is -3.12. The van der Waals surface area contributed by atoms with Gasteiger partial charge in [-0.05, 0) is 42.2 Å². The van der Waals surface area contributed by atoms with Crippen molar-refractivity contribution in [2.24, 2.45) is 5.92 Å². The van der Waals surface area contributed by atoms with Gasteiger partial charge in [0.2, 0.25) is 0 Å². The molecule has 1 aliphatic rings. The Morgan fingerprint density at radius 2 is 1.67 bits per heavy atom. The number of nitrogens with zero attached hydrogens (tertiary/aromatic N) is 1. The number of hydrogen-bond acceptors (Lipinski definition) is 4. The number of alkyl halides is 6. The fourth-order valence-corrected chi connectivity index (χ4v) is 4.52. The van der Waals surface area contributed by atoms with Crippen LogP contribution in [-0.2, 0) is 28.2 Å². The summed E-state index contributed by atoms with van der Waals surface area (Å²) in [5.74, 6) is -0.157. The highest BCUT2D eigenvalue weighted by molar-refractivity contribution is 5.35. The zero-order valence-corrected chi connectivity index (χ0v) is 19.0. The highest BCUT2D eigenvalue weighted by atomic mass is 19.4. The molecule has 6 nitrogen and oxygen atoms in total. The molecule has 1 aliphatic heterocycles. The number of rotatable bonds is 6. The molecule has 1 fully saturated rings. The number of aromatic amines is 2. The van der Waals surface area contributed by atoms with Gasteiger partial charge in [0, 0.05) is 12.3 Å². The lowest BCUT2D eigenvalue weighted by Gasteiger charge is -2.39. The second kappa shape index (κ2) is 10.1. The second-order valence-corrected chi connectivity index (χ2v) is 8.72. The standard InChI is InChI=1S/C24H23F6N3O3/c1-13(15-7-17(23(25,26)27)10-18(8-15)24(28,29)30)36-19-12-35-11-16(9-20-31-22(34)33-32-20)21(19)14-5-3-2-4-6-14/h2-8,10,13,16,19,21H,9,11-12H2,1H3,(H2,31,32,33,34)/t13-,16-,19+,21+/m1/s1. The monoisotopic (exact) mass is 515 g/mol. The third kappa shape index (κ3) is 5.98. The summed E-state index contributed by atoms with van der Waals surface area (Å²) in [6.07, 6.45) is -11.4. The van der Waals surface area contributed by atoms with Crippen LogP contribution in [-0.4, -0.2) is 34.5 Å². The molecule has 0 spiro atoms. The van der Waals surface area contributed by atoms with Crippen molar-refractivity contribution >= 4 is 0 Å². The quantitative estimate of drug-likeness (QED) is 0.440. The van der Waals surface area contributed by atoms with Gasteiger partial charge < -0.3 is 9.47 Å². The van der Waals surface area contributed by atoms with E-state index in [1.807, 2.05) is 30.3 Å². The van der Waals surface area contributed by atoms with Crippen molar-refractivity contribution in [3.05, 3.63) is 87.1 Å². The molecule has 3 aromatic rings. The molecule has 4 rings (SSSR count). The van der Waals surface area contributed by atoms with Gasteiger partial charge in [-0.2, -0.15) is 31.4 Å². The summed E-state index contributed by atoms with van der Waals surface area (Å²) in [7, 11) is 0. The molecule has 0 unspecified atom stereocenters. The lowest BCUT2D eigenvalue weighted by molar-refractivity contribution is -0.143. The van der Waals surface area contributed by atoms with Crippen LogP contribution in [0.2, 0.25) is 0 Å². The summed E-state index contributed by atoms with van der Waals surface area (Å²) < 4.78 is 91.8. The molecule has 36 heavy (non-hydrogen) atoms. The SMILES string of the molecule is C[C@@H](O[C@H]1COC[C@@H](Cc2n[nH]c(=O)[nH]2)[C@@H]1c1ccccc1)c1cc(C(F)(F)F)cc(C(F)(F)F)c1. The molecule has 1 aromatic heterocycles. The van der Waals surface area contributed by atoms with Crippen LogP contribution in [0.15, 0.2) is 53.3 Å². The Bertz CT molecular complexity index is 1190. The van der Waals surface area contributed by atoms with E-state index >= 15 is 0 Å². The Balaban J connectivity index is 1.65. The van der Waals surface area contributed by atoms with Crippen molar-refractivity contribution in [1.82, 2.24) is 15.2 Å². The number of benzene rings is 2. The molecule has 2 N–H and O–H groups in total. The first-order valence-corrected chi connectivity index (χ1v) is 11.1. The van der Waals surface area contributed by atoms with Crippen LogP contribution in [0.4, 0.5) is 26.3 Å². The van der Waals surface area contributed by atoms with Gasteiger partial charge in [0.25, 0.3) is 0 Å². The maximum absolute atomic E-state index is 13.3. The van der Waals surface area contributed by atoms with Crippen molar-refractivity contribution in [3.8, 4) is 0 Å². The third-order valence-electron chi connectivity index (χ3n) is 6.17. The molecular weight excluding hydrogens is 492 g/mol. The van der Waals surface area contributed by atoms with Gasteiger partial charge in [0.15, 0.2) is 0 Å². The largest absolute Gasteiger partial charge is 0.416 e. The zero-order valence-electron chi connectivity index (χ0n) is 19.0. The number of ether oxygens (including phenoxy) is 2. The van der Waals surface area contributed by atoms with Gasteiger partial charge in [-0.3, -0.25) is 4.98 Å². The van der Waals surface area contributed by atoms with Crippen LogP contribution in [0.1, 0.15) is 47.0 Å². The van der Waals surface area contributed by atoms with Gasteiger partial charge in [-0.15, -0.1) is 0 Å². The summed E-state index contributed by atoms with van der Waals surface area (Å²) in [6.45, 7) is 1.79. The van der Waals surface area contributed by atoms with E-state index in [1.165, 1.54) is 6.92 Å². The highest BCUT2D eigenvalue weighted by Crippen LogP contribution is 2.40. The summed E-state index contributed by atoms with van der Waals surface area (Å²) in [4.78, 5) is 14.0. The molecule has 1 saturated heterocycles. The molecule has 0 aliphatic carbocycles. The molecule has 0 radical (unpaired) electrons. The van der Waals surface area contributed by atoms with E-state index in [4.69, 9.17) is 9.47 Å². The smallest absolute Gasteiger partial charge is 0.378 e. The molecule has 194 valence electrons. The van der Waals surface area contributed by atoms with E-state index in [2.05, 4.69) is 15.2 Å². The molecule has 2 heterocycles. The Kier molecular flexibility index (Phi) is 7.28. The van der Waals surface area contributed by atoms with Gasteiger partial charge in [-0.25, -0.2) is 9.89 Å². The van der Waals surface area contributed by atoms with E-state index in [9.17, 15) is 31.1 Å². The average molecular weight is 515 g/mol. The molecule has 0 saturated carbocycles. The maximum Gasteiger partial charge on any atom is 0.416 e. The van der Waals surface area contributed by atoms with Gasteiger partial charge in [0.05, 0.1) is 36.5 Å². The molecular formula is C24H23F6N3O3. The van der Waals surface area contributed by atoms with Crippen molar-refractivity contribution in [3.63, 3.8) is 0 Å². The van der Waals surface area contributed by atoms with Crippen molar-refractivity contribution < 1.29 is 35.8 Å². The normalized spacial score (nSPS) is 21.9. The Morgan fingerprint density at radius 1 is 1.03 bits per heavy atom. The van der Waals surface area contributed by atoms with E-state index < -0.39 is 41.4 Å². The first-order valence-electron chi connectivity index (χ1n) is 11.1. The predicted molar refractivity (Wildman–Crippen MR) is 116 cm³/mol. The van der Waals surface area contributed by atoms with Crippen LogP contribution >= 0.6 is 0 Å². The summed E-state index contributed by atoms with van der Waals surface area (Å²) in [6, 6.07) is 10.6. The fourth-order valence-electron chi connectivity index (χ4n) is 4.52. The molecule has 0 bridgehead atoms. The van der Waals surface area contributed by atoms with Crippen LogP contribution in [0, 0.1) is 5.92 Å². The average Bonchev–Trinajstić information content (AvgIpc) is 3.23. The van der Waals surface area contributed by atoms with Gasteiger partial charge >= 0.3 is 18.0 Å². The Labute approximate surface area is 201 Å². The van der Waals surface area contributed by atoms with Gasteiger partial charge in [-0.1, -0.05) is 30.3 Å². The minimum absolute atomic E-state index is 0.0859. The van der Waals surface area contributed by atoms with Crippen LogP contribution in [0.5, 0.6) is 0 Å². The van der Waals surface area contributed by atoms with Crippen molar-refractivity contribution in [2.75, 3.05) is 13.2 Å². The predicted octanol–water partition coefficient (Wildman–Crippen LogP) is 5.25. The number of aromatic nitrogens is 3. The second-order valence-electron chi connectivity index (χ2n) is 8.72. The highest BCUT2D eigenvalue weighted by Gasteiger charge is 2.40. The molecule has 12 heteroatoms. The zero-order chi connectivity index (χ0) is 26.1. The minimum Gasteiger partial charge on any atom is -0.378 e. The Morgan fingerprint density at radius 3 is 2.22 bits per heavy atom. The summed E-state index contributed by atoms with van der Waals surface area (Å²) in [5.41, 5.74) is -2.65. The summed E-state index contributed by atoms with van der Waals surface area (Å²) in [5, 5.41) is 6.23.